The van der Waals surface area contributed by atoms with Crippen LogP contribution >= 0.6 is 12.2 Å². The van der Waals surface area contributed by atoms with E-state index in [-0.39, 0.29) is 0 Å². The summed E-state index contributed by atoms with van der Waals surface area (Å²) in [4.78, 5) is 0.365. The Kier molecular flexibility index (Phi) is 4.11. The summed E-state index contributed by atoms with van der Waals surface area (Å²) < 4.78 is 0. The number of nitrogens with zero attached hydrogens (tertiary/aromatic N) is 2. The maximum atomic E-state index is 5.70. The van der Waals surface area contributed by atoms with Crippen molar-refractivity contribution in [2.24, 2.45) is 17.6 Å². The number of hydrogen-bond acceptors (Lipinski definition) is 4. The average Bonchev–Trinajstić information content (AvgIpc) is 2.27. The van der Waals surface area contributed by atoms with Crippen LogP contribution in [0.25, 0.3) is 0 Å². The molecule has 2 atom stereocenters. The van der Waals surface area contributed by atoms with E-state index >= 15 is 0 Å². The predicted molar refractivity (Wildman–Crippen MR) is 77.5 cm³/mol. The molecule has 4 nitrogen and oxygen atoms in total. The summed E-state index contributed by atoms with van der Waals surface area (Å²) in [5.41, 5.74) is 6.48. The van der Waals surface area contributed by atoms with Gasteiger partial charge in [-0.1, -0.05) is 26.1 Å². The van der Waals surface area contributed by atoms with Crippen LogP contribution in [-0.4, -0.2) is 21.2 Å². The van der Waals surface area contributed by atoms with Crippen molar-refractivity contribution in [3.63, 3.8) is 0 Å². The van der Waals surface area contributed by atoms with Crippen LogP contribution in [0.2, 0.25) is 0 Å². The molecule has 0 aliphatic heterocycles. The first-order valence-corrected chi connectivity index (χ1v) is 6.85. The number of thiocarbonyl (C=S) groups is 1. The van der Waals surface area contributed by atoms with Gasteiger partial charge in [0.05, 0.1) is 11.8 Å². The third-order valence-electron chi connectivity index (χ3n) is 3.51. The summed E-state index contributed by atoms with van der Waals surface area (Å²) in [5.74, 6) is 2.21. The molecule has 0 spiro atoms. The highest BCUT2D eigenvalue weighted by Crippen LogP contribution is 2.30. The van der Waals surface area contributed by atoms with Crippen molar-refractivity contribution in [2.75, 3.05) is 5.32 Å². The van der Waals surface area contributed by atoms with Crippen molar-refractivity contribution < 1.29 is 0 Å². The van der Waals surface area contributed by atoms with Crippen LogP contribution in [0.15, 0.2) is 12.3 Å². The lowest BCUT2D eigenvalue weighted by Crippen LogP contribution is -2.31. The van der Waals surface area contributed by atoms with E-state index < -0.39 is 0 Å². The molecule has 1 aromatic rings. The lowest BCUT2D eigenvalue weighted by molar-refractivity contribution is 0.280. The zero-order valence-electron chi connectivity index (χ0n) is 10.9. The molecule has 98 valence electrons. The van der Waals surface area contributed by atoms with Gasteiger partial charge in [-0.25, -0.2) is 0 Å². The standard InChI is InChI=1S/C13H20N4S/c1-8-5-9(2)7-10(6-8)16-13-11(12(14)18)3-4-15-17-13/h3-4,8-10H,5-7H2,1-2H3,(H2,14,18)(H,16,17). The van der Waals surface area contributed by atoms with Gasteiger partial charge < -0.3 is 11.1 Å². The zero-order valence-corrected chi connectivity index (χ0v) is 11.7. The van der Waals surface area contributed by atoms with Crippen LogP contribution in [-0.2, 0) is 0 Å². The number of nitrogens with two attached hydrogens (primary N) is 1. The second kappa shape index (κ2) is 5.61. The maximum Gasteiger partial charge on any atom is 0.159 e. The number of rotatable bonds is 3. The van der Waals surface area contributed by atoms with Gasteiger partial charge in [-0.15, -0.1) is 5.10 Å². The third kappa shape index (κ3) is 3.16. The molecular formula is C13H20N4S. The molecule has 0 radical (unpaired) electrons. The van der Waals surface area contributed by atoms with Gasteiger partial charge in [0.1, 0.15) is 4.99 Å². The molecule has 2 unspecified atom stereocenters. The summed E-state index contributed by atoms with van der Waals surface area (Å²) >= 11 is 5.03. The number of hydrogen-bond donors (Lipinski definition) is 2. The molecule has 1 heterocycles. The van der Waals surface area contributed by atoms with E-state index in [1.54, 1.807) is 6.20 Å². The van der Waals surface area contributed by atoms with E-state index in [0.29, 0.717) is 11.0 Å². The SMILES string of the molecule is CC1CC(C)CC(Nc2nnccc2C(N)=S)C1. The summed E-state index contributed by atoms with van der Waals surface area (Å²) in [6.07, 6.45) is 5.25. The fraction of sp³-hybridized carbons (Fsp3) is 0.615. The predicted octanol–water partition coefficient (Wildman–Crippen LogP) is 2.35. The largest absolute Gasteiger partial charge is 0.389 e. The molecule has 5 heteroatoms. The molecular weight excluding hydrogens is 244 g/mol. The van der Waals surface area contributed by atoms with Crippen LogP contribution in [0.3, 0.4) is 0 Å². The molecule has 0 aromatic carbocycles. The smallest absolute Gasteiger partial charge is 0.159 e. The lowest BCUT2D eigenvalue weighted by atomic mass is 9.80. The molecule has 3 N–H and O–H groups in total. The van der Waals surface area contributed by atoms with E-state index in [2.05, 4.69) is 29.4 Å². The fourth-order valence-corrected chi connectivity index (χ4v) is 3.06. The Bertz CT molecular complexity index is 425. The normalized spacial score (nSPS) is 27.8. The van der Waals surface area contributed by atoms with Crippen molar-refractivity contribution in [3.05, 3.63) is 17.8 Å². The van der Waals surface area contributed by atoms with Gasteiger partial charge in [0, 0.05) is 6.04 Å². The molecule has 1 aliphatic rings. The van der Waals surface area contributed by atoms with Crippen molar-refractivity contribution in [3.8, 4) is 0 Å². The fourth-order valence-electron chi connectivity index (χ4n) is 2.90. The monoisotopic (exact) mass is 264 g/mol. The minimum absolute atomic E-state index is 0.365. The van der Waals surface area contributed by atoms with Gasteiger partial charge in [0.25, 0.3) is 0 Å². The summed E-state index contributed by atoms with van der Waals surface area (Å²) in [5, 5.41) is 11.5. The van der Waals surface area contributed by atoms with Gasteiger partial charge in [-0.05, 0) is 37.2 Å². The van der Waals surface area contributed by atoms with Crippen molar-refractivity contribution in [1.82, 2.24) is 10.2 Å². The minimum Gasteiger partial charge on any atom is -0.389 e. The highest BCUT2D eigenvalue weighted by molar-refractivity contribution is 7.80. The summed E-state index contributed by atoms with van der Waals surface area (Å²) in [7, 11) is 0. The number of nitrogens with one attached hydrogen (secondary N) is 1. The van der Waals surface area contributed by atoms with Gasteiger partial charge in [-0.2, -0.15) is 5.10 Å². The van der Waals surface area contributed by atoms with Crippen LogP contribution in [0.5, 0.6) is 0 Å². The molecule has 0 bridgehead atoms. The van der Waals surface area contributed by atoms with Gasteiger partial charge in [0.15, 0.2) is 5.82 Å². The number of anilines is 1. The highest BCUT2D eigenvalue weighted by Gasteiger charge is 2.24. The Labute approximate surface area is 113 Å². The maximum absolute atomic E-state index is 5.70. The van der Waals surface area contributed by atoms with E-state index in [0.717, 1.165) is 36.1 Å². The first-order valence-electron chi connectivity index (χ1n) is 6.44. The van der Waals surface area contributed by atoms with Crippen LogP contribution in [0.1, 0.15) is 38.7 Å². The van der Waals surface area contributed by atoms with E-state index in [9.17, 15) is 0 Å². The minimum atomic E-state index is 0.365. The number of aromatic nitrogens is 2. The summed E-state index contributed by atoms with van der Waals surface area (Å²) in [6.45, 7) is 4.60. The summed E-state index contributed by atoms with van der Waals surface area (Å²) in [6, 6.07) is 2.25. The van der Waals surface area contributed by atoms with Crippen LogP contribution < -0.4 is 11.1 Å². The second-order valence-electron chi connectivity index (χ2n) is 5.42. The Morgan fingerprint density at radius 1 is 1.33 bits per heavy atom. The Hall–Kier alpha value is -1.23. The van der Waals surface area contributed by atoms with Crippen molar-refractivity contribution in [1.29, 1.82) is 0 Å². The second-order valence-corrected chi connectivity index (χ2v) is 5.86. The van der Waals surface area contributed by atoms with E-state index in [1.165, 1.54) is 6.42 Å². The first-order chi connectivity index (χ1) is 8.56. The third-order valence-corrected chi connectivity index (χ3v) is 3.73. The van der Waals surface area contributed by atoms with Gasteiger partial charge >= 0.3 is 0 Å². The molecule has 1 saturated carbocycles. The molecule has 2 rings (SSSR count). The van der Waals surface area contributed by atoms with Gasteiger partial charge in [-0.3, -0.25) is 0 Å². The Morgan fingerprint density at radius 3 is 2.61 bits per heavy atom. The topological polar surface area (TPSA) is 63.8 Å². The van der Waals surface area contributed by atoms with Gasteiger partial charge in [0.2, 0.25) is 0 Å². The quantitative estimate of drug-likeness (QED) is 0.820. The molecule has 0 saturated heterocycles. The molecule has 1 aromatic heterocycles. The molecule has 1 fully saturated rings. The van der Waals surface area contributed by atoms with Crippen molar-refractivity contribution in [2.45, 2.75) is 39.2 Å². The lowest BCUT2D eigenvalue weighted by Gasteiger charge is -2.32. The average molecular weight is 264 g/mol. The van der Waals surface area contributed by atoms with Crippen molar-refractivity contribution >= 4 is 23.0 Å². The Balaban J connectivity index is 2.11. The molecule has 1 aliphatic carbocycles. The zero-order chi connectivity index (χ0) is 13.1. The molecule has 0 amide bonds. The molecule has 18 heavy (non-hydrogen) atoms. The Morgan fingerprint density at radius 2 is 2.00 bits per heavy atom. The van der Waals surface area contributed by atoms with E-state index in [1.807, 2.05) is 6.07 Å². The highest BCUT2D eigenvalue weighted by atomic mass is 32.1. The van der Waals surface area contributed by atoms with Crippen LogP contribution in [0.4, 0.5) is 5.82 Å². The first kappa shape index (κ1) is 13.2. The van der Waals surface area contributed by atoms with Crippen LogP contribution in [0, 0.1) is 11.8 Å². The van der Waals surface area contributed by atoms with E-state index in [4.69, 9.17) is 18.0 Å².